The van der Waals surface area contributed by atoms with Crippen LogP contribution in [0, 0.1) is 0 Å². The minimum absolute atomic E-state index is 0. The number of nitrogens with zero attached hydrogens (tertiary/aromatic N) is 2. The molecule has 1 atom stereocenters. The molecule has 0 bridgehead atoms. The first-order chi connectivity index (χ1) is 11.2. The number of hydrogen-bond acceptors (Lipinski definition) is 4. The summed E-state index contributed by atoms with van der Waals surface area (Å²) in [4.78, 5) is 17.3. The highest BCUT2D eigenvalue weighted by atomic mass is 35.5. The zero-order valence-electron chi connectivity index (χ0n) is 14.9. The van der Waals surface area contributed by atoms with Gasteiger partial charge in [-0.2, -0.15) is 0 Å². The van der Waals surface area contributed by atoms with Crippen LogP contribution in [0.1, 0.15) is 28.8 Å². The molecule has 7 heteroatoms. The smallest absolute Gasteiger partial charge is 0.251 e. The van der Waals surface area contributed by atoms with Crippen molar-refractivity contribution in [2.45, 2.75) is 25.4 Å². The average molecular weight is 389 g/mol. The van der Waals surface area contributed by atoms with Crippen molar-refractivity contribution >= 4 is 30.7 Å². The first-order valence-corrected chi connectivity index (χ1v) is 8.72. The van der Waals surface area contributed by atoms with Crippen molar-refractivity contribution in [1.29, 1.82) is 0 Å². The number of rotatable bonds is 4. The van der Waals surface area contributed by atoms with E-state index in [-0.39, 0.29) is 36.8 Å². The van der Waals surface area contributed by atoms with Crippen LogP contribution in [0.15, 0.2) is 24.3 Å². The van der Waals surface area contributed by atoms with Crippen LogP contribution < -0.4 is 10.6 Å². The van der Waals surface area contributed by atoms with Gasteiger partial charge in [-0.05, 0) is 44.1 Å². The Bertz CT molecular complexity index is 530. The van der Waals surface area contributed by atoms with Crippen LogP contribution in [-0.2, 0) is 6.54 Å². The lowest BCUT2D eigenvalue weighted by Crippen LogP contribution is -2.45. The molecule has 0 unspecified atom stereocenters. The minimum Gasteiger partial charge on any atom is -0.348 e. The number of piperazine rings is 1. The quantitative estimate of drug-likeness (QED) is 0.824. The second-order valence-corrected chi connectivity index (χ2v) is 6.80. The summed E-state index contributed by atoms with van der Waals surface area (Å²) in [7, 11) is 2.17. The normalized spacial score (nSPS) is 21.7. The third-order valence-corrected chi connectivity index (χ3v) is 4.82. The lowest BCUT2D eigenvalue weighted by molar-refractivity contribution is 0.0930. The number of hydrogen-bond donors (Lipinski definition) is 2. The fraction of sp³-hybridized carbons (Fsp3) is 0.611. The van der Waals surface area contributed by atoms with Crippen LogP contribution in [0.3, 0.4) is 0 Å². The summed E-state index contributed by atoms with van der Waals surface area (Å²) in [6.07, 6.45) is 2.20. The third kappa shape index (κ3) is 6.76. The van der Waals surface area contributed by atoms with Gasteiger partial charge < -0.3 is 15.5 Å². The van der Waals surface area contributed by atoms with Gasteiger partial charge in [-0.1, -0.05) is 12.1 Å². The average Bonchev–Trinajstić information content (AvgIpc) is 2.58. The van der Waals surface area contributed by atoms with Gasteiger partial charge in [0.1, 0.15) is 0 Å². The fourth-order valence-electron chi connectivity index (χ4n) is 3.32. The van der Waals surface area contributed by atoms with Gasteiger partial charge in [0.25, 0.3) is 5.91 Å². The number of carbonyl (C=O) groups is 1. The van der Waals surface area contributed by atoms with Crippen molar-refractivity contribution in [1.82, 2.24) is 20.4 Å². The summed E-state index contributed by atoms with van der Waals surface area (Å²) < 4.78 is 0. The van der Waals surface area contributed by atoms with Crippen molar-refractivity contribution in [3.8, 4) is 0 Å². The Kier molecular flexibility index (Phi) is 9.75. The standard InChI is InChI=1S/C18H28N4O.2ClH/c1-21-8-10-22(11-9-21)14-15-4-2-5-16(12-15)18(23)20-17-6-3-7-19-13-17;;/h2,4-5,12,17,19H,3,6-11,13-14H2,1H3,(H,20,23);2*1H/t17-;;/m0../s1. The molecular weight excluding hydrogens is 359 g/mol. The first-order valence-electron chi connectivity index (χ1n) is 8.72. The number of nitrogens with one attached hydrogen (secondary N) is 2. The summed E-state index contributed by atoms with van der Waals surface area (Å²) in [5.74, 6) is 0.0546. The maximum Gasteiger partial charge on any atom is 0.251 e. The van der Waals surface area contributed by atoms with E-state index in [0.717, 1.165) is 64.2 Å². The van der Waals surface area contributed by atoms with Crippen LogP contribution >= 0.6 is 24.8 Å². The van der Waals surface area contributed by atoms with Crippen LogP contribution in [-0.4, -0.2) is 68.1 Å². The highest BCUT2D eigenvalue weighted by Crippen LogP contribution is 2.11. The summed E-state index contributed by atoms with van der Waals surface area (Å²) >= 11 is 0. The molecule has 2 saturated heterocycles. The molecule has 0 aromatic heterocycles. The number of halogens is 2. The maximum absolute atomic E-state index is 12.4. The molecule has 0 aliphatic carbocycles. The van der Waals surface area contributed by atoms with Crippen LogP contribution in [0.5, 0.6) is 0 Å². The molecule has 1 aromatic rings. The lowest BCUT2D eigenvalue weighted by atomic mass is 10.1. The molecular formula is C18H30Cl2N4O. The Balaban J connectivity index is 0.00000156. The molecule has 0 saturated carbocycles. The second-order valence-electron chi connectivity index (χ2n) is 6.80. The molecule has 3 rings (SSSR count). The van der Waals surface area contributed by atoms with Gasteiger partial charge >= 0.3 is 0 Å². The van der Waals surface area contributed by atoms with Crippen molar-refractivity contribution in [3.63, 3.8) is 0 Å². The van der Waals surface area contributed by atoms with Gasteiger partial charge in [0.2, 0.25) is 0 Å². The second kappa shape index (κ2) is 11.0. The molecule has 0 spiro atoms. The molecule has 25 heavy (non-hydrogen) atoms. The summed E-state index contributed by atoms with van der Waals surface area (Å²) in [6, 6.07) is 8.34. The Morgan fingerprint density at radius 1 is 1.24 bits per heavy atom. The molecule has 2 heterocycles. The van der Waals surface area contributed by atoms with Gasteiger partial charge in [0, 0.05) is 50.9 Å². The lowest BCUT2D eigenvalue weighted by Gasteiger charge is -2.32. The zero-order valence-corrected chi connectivity index (χ0v) is 16.5. The van der Waals surface area contributed by atoms with Crippen molar-refractivity contribution in [2.24, 2.45) is 0 Å². The molecule has 2 aliphatic rings. The number of likely N-dealkylation sites (N-methyl/N-ethyl adjacent to an activating group) is 1. The van der Waals surface area contributed by atoms with E-state index in [1.165, 1.54) is 5.56 Å². The van der Waals surface area contributed by atoms with Crippen LogP contribution in [0.4, 0.5) is 0 Å². The van der Waals surface area contributed by atoms with Gasteiger partial charge in [-0.15, -0.1) is 24.8 Å². The number of piperidine rings is 1. The SMILES string of the molecule is CN1CCN(Cc2cccc(C(=O)N[C@H]3CCCNC3)c2)CC1.Cl.Cl. The summed E-state index contributed by atoms with van der Waals surface area (Å²) in [5, 5.41) is 6.49. The first kappa shape index (κ1) is 22.2. The monoisotopic (exact) mass is 388 g/mol. The van der Waals surface area contributed by atoms with Crippen molar-refractivity contribution < 1.29 is 4.79 Å². The molecule has 2 N–H and O–H groups in total. The van der Waals surface area contributed by atoms with Crippen molar-refractivity contribution in [2.75, 3.05) is 46.3 Å². The number of benzene rings is 1. The minimum atomic E-state index is 0. The van der Waals surface area contributed by atoms with E-state index in [4.69, 9.17) is 0 Å². The van der Waals surface area contributed by atoms with E-state index < -0.39 is 0 Å². The summed E-state index contributed by atoms with van der Waals surface area (Å²) in [5.41, 5.74) is 2.01. The van der Waals surface area contributed by atoms with E-state index in [9.17, 15) is 4.79 Å². The predicted octanol–water partition coefficient (Wildman–Crippen LogP) is 1.76. The van der Waals surface area contributed by atoms with Gasteiger partial charge in [0.15, 0.2) is 0 Å². The van der Waals surface area contributed by atoms with Crippen molar-refractivity contribution in [3.05, 3.63) is 35.4 Å². The number of amides is 1. The predicted molar refractivity (Wildman–Crippen MR) is 107 cm³/mol. The van der Waals surface area contributed by atoms with Gasteiger partial charge in [-0.3, -0.25) is 9.69 Å². The largest absolute Gasteiger partial charge is 0.348 e. The maximum atomic E-state index is 12.4. The third-order valence-electron chi connectivity index (χ3n) is 4.82. The molecule has 2 aliphatic heterocycles. The molecule has 0 radical (unpaired) electrons. The Hall–Kier alpha value is -0.850. The fourth-order valence-corrected chi connectivity index (χ4v) is 3.32. The van der Waals surface area contributed by atoms with E-state index in [2.05, 4.69) is 33.5 Å². The summed E-state index contributed by atoms with van der Waals surface area (Å²) in [6.45, 7) is 7.31. The molecule has 2 fully saturated rings. The van der Waals surface area contributed by atoms with Crippen LogP contribution in [0.25, 0.3) is 0 Å². The Morgan fingerprint density at radius 2 is 2.00 bits per heavy atom. The van der Waals surface area contributed by atoms with Crippen LogP contribution in [0.2, 0.25) is 0 Å². The number of carbonyl (C=O) groups excluding carboxylic acids is 1. The molecule has 142 valence electrons. The highest BCUT2D eigenvalue weighted by molar-refractivity contribution is 5.94. The molecule has 1 aromatic carbocycles. The topological polar surface area (TPSA) is 47.6 Å². The Morgan fingerprint density at radius 3 is 2.68 bits per heavy atom. The molecule has 5 nitrogen and oxygen atoms in total. The zero-order chi connectivity index (χ0) is 16.1. The van der Waals surface area contributed by atoms with E-state index >= 15 is 0 Å². The highest BCUT2D eigenvalue weighted by Gasteiger charge is 2.17. The van der Waals surface area contributed by atoms with Gasteiger partial charge in [0.05, 0.1) is 0 Å². The van der Waals surface area contributed by atoms with Gasteiger partial charge in [-0.25, -0.2) is 0 Å². The Labute approximate surface area is 163 Å². The van der Waals surface area contributed by atoms with E-state index in [1.54, 1.807) is 0 Å². The van der Waals surface area contributed by atoms with E-state index in [1.807, 2.05) is 18.2 Å². The van der Waals surface area contributed by atoms with E-state index in [0.29, 0.717) is 0 Å². The molecule has 1 amide bonds.